The molecule has 6 heteroatoms. The van der Waals surface area contributed by atoms with E-state index in [1.54, 1.807) is 11.8 Å². The normalized spacial score (nSPS) is 19.0. The molecule has 5 rings (SSSR count). The highest BCUT2D eigenvalue weighted by molar-refractivity contribution is 7.99. The van der Waals surface area contributed by atoms with E-state index in [4.69, 9.17) is 4.74 Å². The number of carbonyl (C=O) groups is 2. The molecule has 0 atom stereocenters. The fourth-order valence-corrected chi connectivity index (χ4v) is 7.00. The van der Waals surface area contributed by atoms with Crippen LogP contribution in [0.3, 0.4) is 0 Å². The Balaban J connectivity index is 1.16. The molecule has 204 valence electrons. The van der Waals surface area contributed by atoms with Crippen molar-refractivity contribution in [3.63, 3.8) is 0 Å². The van der Waals surface area contributed by atoms with Crippen LogP contribution in [0.25, 0.3) is 0 Å². The highest BCUT2D eigenvalue weighted by Crippen LogP contribution is 2.47. The topological polar surface area (TPSA) is 49.9 Å². The number of piperidine rings is 2. The van der Waals surface area contributed by atoms with Crippen molar-refractivity contribution in [1.29, 1.82) is 0 Å². The summed E-state index contributed by atoms with van der Waals surface area (Å²) in [5, 5.41) is 0. The van der Waals surface area contributed by atoms with Crippen LogP contribution in [-0.2, 0) is 0 Å². The summed E-state index contributed by atoms with van der Waals surface area (Å²) in [4.78, 5) is 32.7. The number of ketones is 2. The van der Waals surface area contributed by atoms with E-state index in [2.05, 4.69) is 23.6 Å². The van der Waals surface area contributed by atoms with Crippen molar-refractivity contribution in [2.75, 3.05) is 39.3 Å². The van der Waals surface area contributed by atoms with Crippen molar-refractivity contribution in [2.45, 2.75) is 75.0 Å². The number of benzene rings is 2. The van der Waals surface area contributed by atoms with Gasteiger partial charge in [-0.3, -0.25) is 9.59 Å². The van der Waals surface area contributed by atoms with Crippen molar-refractivity contribution >= 4 is 23.3 Å². The quantitative estimate of drug-likeness (QED) is 0.254. The highest BCUT2D eigenvalue weighted by atomic mass is 32.2. The van der Waals surface area contributed by atoms with Crippen LogP contribution in [0.5, 0.6) is 11.5 Å². The zero-order valence-electron chi connectivity index (χ0n) is 23.0. The van der Waals surface area contributed by atoms with Gasteiger partial charge in [-0.1, -0.05) is 38.5 Å². The molecule has 0 aliphatic carbocycles. The lowest BCUT2D eigenvalue weighted by molar-refractivity contribution is 0.0942. The standard InChI is InChI=1S/C32H42N2O3S/c1-3-23-9-15-33(16-10-23)19-13-27(35)25-5-7-29-31(21-25)38-32-22-26(6-8-30(32)37-29)28(36)14-20-34-17-11-24(4-2)12-18-34/h5-8,21-24H,3-4,9-20H2,1-2H3. The van der Waals surface area contributed by atoms with E-state index < -0.39 is 0 Å². The molecular weight excluding hydrogens is 492 g/mol. The second kappa shape index (κ2) is 12.8. The predicted octanol–water partition coefficient (Wildman–Crippen LogP) is 7.33. The molecule has 2 aromatic rings. The number of likely N-dealkylation sites (tertiary alicyclic amines) is 2. The molecule has 0 radical (unpaired) electrons. The SMILES string of the molecule is CCC1CCN(CCC(=O)c2ccc3c(c2)Sc2cc(C(=O)CCN4CCC(CC)CC4)ccc2O3)CC1. The molecule has 0 aromatic heterocycles. The molecule has 0 bridgehead atoms. The third-order valence-corrected chi connectivity index (χ3v) is 9.93. The number of hydrogen-bond acceptors (Lipinski definition) is 6. The van der Waals surface area contributed by atoms with Crippen molar-refractivity contribution in [3.05, 3.63) is 47.5 Å². The maximum Gasteiger partial charge on any atom is 0.164 e. The number of fused-ring (bicyclic) bond motifs is 2. The van der Waals surface area contributed by atoms with Crippen molar-refractivity contribution in [1.82, 2.24) is 9.80 Å². The van der Waals surface area contributed by atoms with E-state index in [1.807, 2.05) is 36.4 Å². The first-order chi connectivity index (χ1) is 18.5. The Labute approximate surface area is 232 Å². The maximum absolute atomic E-state index is 13.0. The average molecular weight is 535 g/mol. The lowest BCUT2D eigenvalue weighted by Gasteiger charge is -2.31. The minimum atomic E-state index is 0.184. The van der Waals surface area contributed by atoms with Crippen LogP contribution in [0, 0.1) is 11.8 Å². The fraction of sp³-hybridized carbons (Fsp3) is 0.562. The van der Waals surface area contributed by atoms with Gasteiger partial charge in [-0.25, -0.2) is 0 Å². The Hall–Kier alpha value is -2.15. The molecule has 0 unspecified atom stereocenters. The van der Waals surface area contributed by atoms with Gasteiger partial charge in [0.25, 0.3) is 0 Å². The molecule has 2 aromatic carbocycles. The largest absolute Gasteiger partial charge is 0.455 e. The summed E-state index contributed by atoms with van der Waals surface area (Å²) < 4.78 is 6.14. The van der Waals surface area contributed by atoms with Gasteiger partial charge in [-0.05, 0) is 100 Å². The number of carbonyl (C=O) groups excluding carboxylic acids is 2. The first kappa shape index (κ1) is 27.4. The molecular formula is C32H42N2O3S. The lowest BCUT2D eigenvalue weighted by atomic mass is 9.94. The highest BCUT2D eigenvalue weighted by Gasteiger charge is 2.23. The first-order valence-corrected chi connectivity index (χ1v) is 15.5. The Morgan fingerprint density at radius 3 is 1.55 bits per heavy atom. The van der Waals surface area contributed by atoms with Gasteiger partial charge in [0.05, 0.1) is 9.79 Å². The van der Waals surface area contributed by atoms with E-state index in [9.17, 15) is 9.59 Å². The molecule has 0 spiro atoms. The summed E-state index contributed by atoms with van der Waals surface area (Å²) in [6.07, 6.45) is 8.62. The average Bonchev–Trinajstić information content (AvgIpc) is 2.97. The van der Waals surface area contributed by atoms with E-state index >= 15 is 0 Å². The second-order valence-electron chi connectivity index (χ2n) is 11.3. The smallest absolute Gasteiger partial charge is 0.164 e. The van der Waals surface area contributed by atoms with Gasteiger partial charge >= 0.3 is 0 Å². The molecule has 2 saturated heterocycles. The minimum Gasteiger partial charge on any atom is -0.455 e. The third kappa shape index (κ3) is 6.70. The third-order valence-electron chi connectivity index (χ3n) is 8.85. The van der Waals surface area contributed by atoms with Gasteiger partial charge in [-0.15, -0.1) is 0 Å². The van der Waals surface area contributed by atoms with E-state index in [0.717, 1.165) is 83.5 Å². The first-order valence-electron chi connectivity index (χ1n) is 14.7. The summed E-state index contributed by atoms with van der Waals surface area (Å²) in [6, 6.07) is 11.5. The molecule has 38 heavy (non-hydrogen) atoms. The van der Waals surface area contributed by atoms with E-state index in [-0.39, 0.29) is 11.6 Å². The Morgan fingerprint density at radius 1 is 0.737 bits per heavy atom. The second-order valence-corrected chi connectivity index (χ2v) is 12.3. The predicted molar refractivity (Wildman–Crippen MR) is 154 cm³/mol. The zero-order chi connectivity index (χ0) is 26.5. The number of rotatable bonds is 10. The minimum absolute atomic E-state index is 0.184. The number of nitrogens with zero attached hydrogens (tertiary/aromatic N) is 2. The van der Waals surface area contributed by atoms with Gasteiger partial charge < -0.3 is 14.5 Å². The molecule has 3 aliphatic heterocycles. The van der Waals surface area contributed by atoms with Gasteiger partial charge in [0.1, 0.15) is 11.5 Å². The number of hydrogen-bond donors (Lipinski definition) is 0. The zero-order valence-corrected chi connectivity index (χ0v) is 23.9. The van der Waals surface area contributed by atoms with Crippen LogP contribution in [0.2, 0.25) is 0 Å². The Bertz CT molecular complexity index is 1050. The lowest BCUT2D eigenvalue weighted by Crippen LogP contribution is -2.35. The van der Waals surface area contributed by atoms with Crippen LogP contribution in [0.15, 0.2) is 46.2 Å². The summed E-state index contributed by atoms with van der Waals surface area (Å²) in [5.41, 5.74) is 1.48. The number of Topliss-reactive ketones (excluding diaryl/α,β-unsaturated/α-hetero) is 2. The fourth-order valence-electron chi connectivity index (χ4n) is 5.97. The van der Waals surface area contributed by atoms with Crippen LogP contribution >= 0.6 is 11.8 Å². The van der Waals surface area contributed by atoms with Gasteiger partial charge in [0.15, 0.2) is 11.6 Å². The molecule has 0 amide bonds. The van der Waals surface area contributed by atoms with Crippen molar-refractivity contribution in [2.24, 2.45) is 11.8 Å². The van der Waals surface area contributed by atoms with Gasteiger partial charge in [0.2, 0.25) is 0 Å². The summed E-state index contributed by atoms with van der Waals surface area (Å²) in [5.74, 6) is 3.61. The Morgan fingerprint density at radius 2 is 1.16 bits per heavy atom. The number of ether oxygens (including phenoxy) is 1. The van der Waals surface area contributed by atoms with Crippen LogP contribution < -0.4 is 4.74 Å². The summed E-state index contributed by atoms with van der Waals surface area (Å²) in [7, 11) is 0. The van der Waals surface area contributed by atoms with Crippen LogP contribution in [0.4, 0.5) is 0 Å². The van der Waals surface area contributed by atoms with Crippen molar-refractivity contribution < 1.29 is 14.3 Å². The van der Waals surface area contributed by atoms with E-state index in [1.165, 1.54) is 38.5 Å². The molecule has 0 saturated carbocycles. The molecule has 0 N–H and O–H groups in total. The van der Waals surface area contributed by atoms with Crippen LogP contribution in [-0.4, -0.2) is 60.6 Å². The molecule has 5 nitrogen and oxygen atoms in total. The van der Waals surface area contributed by atoms with Gasteiger partial charge in [-0.2, -0.15) is 0 Å². The summed E-state index contributed by atoms with van der Waals surface area (Å²) >= 11 is 1.59. The monoisotopic (exact) mass is 534 g/mol. The van der Waals surface area contributed by atoms with E-state index in [0.29, 0.717) is 12.8 Å². The Kier molecular flexibility index (Phi) is 9.24. The summed E-state index contributed by atoms with van der Waals surface area (Å²) in [6.45, 7) is 10.6. The van der Waals surface area contributed by atoms with Crippen molar-refractivity contribution in [3.8, 4) is 11.5 Å². The van der Waals surface area contributed by atoms with Gasteiger partial charge in [0, 0.05) is 37.1 Å². The maximum atomic E-state index is 13.0. The molecule has 2 fully saturated rings. The molecule has 3 aliphatic rings. The molecule has 3 heterocycles. The van der Waals surface area contributed by atoms with Crippen LogP contribution in [0.1, 0.15) is 85.9 Å².